The maximum absolute atomic E-state index is 14.2. The second-order valence-corrected chi connectivity index (χ2v) is 12.1. The van der Waals surface area contributed by atoms with Crippen molar-refractivity contribution in [1.82, 2.24) is 14.9 Å². The van der Waals surface area contributed by atoms with E-state index in [0.717, 1.165) is 51.0 Å². The standard InChI is InChI=1S/C29H32Cl2FN5O2/c1-16(23-6-4-20(30)11-25(23)31)33-27-24-12-21(32)5-7-26(24)34-29(35-27)37-14-19(15-37)17-3-2-8-36(13-17)22-9-18(10-22)28(38)39/h4-7,11-12,16-19,22H,2-3,8-10,13-15H2,1H3,(H,38,39)(H,33,34,35)/t16-,17+,18-,22+/m1/s1. The number of benzene rings is 2. The third kappa shape index (κ3) is 5.39. The van der Waals surface area contributed by atoms with Gasteiger partial charge in [-0.25, -0.2) is 9.37 Å². The fourth-order valence-electron chi connectivity index (χ4n) is 6.29. The molecule has 0 amide bonds. The predicted molar refractivity (Wildman–Crippen MR) is 152 cm³/mol. The number of aliphatic carboxylic acids is 1. The predicted octanol–water partition coefficient (Wildman–Crippen LogP) is 6.26. The zero-order chi connectivity index (χ0) is 27.3. The molecule has 3 fully saturated rings. The monoisotopic (exact) mass is 571 g/mol. The van der Waals surface area contributed by atoms with E-state index in [1.165, 1.54) is 18.6 Å². The Balaban J connectivity index is 1.16. The lowest BCUT2D eigenvalue weighted by atomic mass is 9.76. The van der Waals surface area contributed by atoms with Crippen LogP contribution < -0.4 is 10.2 Å². The maximum Gasteiger partial charge on any atom is 0.306 e. The molecule has 2 N–H and O–H groups in total. The Bertz CT molecular complexity index is 1400. The molecule has 1 saturated carbocycles. The van der Waals surface area contributed by atoms with Gasteiger partial charge in [0.25, 0.3) is 0 Å². The van der Waals surface area contributed by atoms with Gasteiger partial charge in [0, 0.05) is 41.1 Å². The maximum atomic E-state index is 14.2. The lowest BCUT2D eigenvalue weighted by Gasteiger charge is -2.50. The van der Waals surface area contributed by atoms with E-state index in [1.54, 1.807) is 18.2 Å². The van der Waals surface area contributed by atoms with Crippen molar-refractivity contribution in [2.24, 2.45) is 17.8 Å². The van der Waals surface area contributed by atoms with Gasteiger partial charge in [0.2, 0.25) is 5.95 Å². The molecule has 7 nitrogen and oxygen atoms in total. The quantitative estimate of drug-likeness (QED) is 0.346. The molecule has 2 aliphatic heterocycles. The highest BCUT2D eigenvalue weighted by molar-refractivity contribution is 6.35. The fraction of sp³-hybridized carbons (Fsp3) is 0.483. The molecular weight excluding hydrogens is 540 g/mol. The normalized spacial score (nSPS) is 24.7. The van der Waals surface area contributed by atoms with Crippen LogP contribution in [0.3, 0.4) is 0 Å². The Morgan fingerprint density at radius 1 is 1.10 bits per heavy atom. The minimum Gasteiger partial charge on any atom is -0.481 e. The molecule has 6 rings (SSSR count). The van der Waals surface area contributed by atoms with Crippen LogP contribution in [-0.2, 0) is 4.79 Å². The molecule has 0 bridgehead atoms. The van der Waals surface area contributed by atoms with Crippen LogP contribution in [-0.4, -0.2) is 58.2 Å². The number of hydrogen-bond donors (Lipinski definition) is 2. The summed E-state index contributed by atoms with van der Waals surface area (Å²) in [6.45, 7) is 5.85. The van der Waals surface area contributed by atoms with E-state index >= 15 is 0 Å². The van der Waals surface area contributed by atoms with E-state index in [-0.39, 0.29) is 17.8 Å². The van der Waals surface area contributed by atoms with Crippen LogP contribution in [0.4, 0.5) is 16.2 Å². The van der Waals surface area contributed by atoms with Gasteiger partial charge in [0.1, 0.15) is 11.6 Å². The van der Waals surface area contributed by atoms with E-state index in [9.17, 15) is 14.3 Å². The summed E-state index contributed by atoms with van der Waals surface area (Å²) in [5, 5.41) is 14.4. The first kappa shape index (κ1) is 26.5. The van der Waals surface area contributed by atoms with E-state index in [0.29, 0.717) is 50.6 Å². The summed E-state index contributed by atoms with van der Waals surface area (Å²) in [5.41, 5.74) is 1.56. The Kier molecular flexibility index (Phi) is 7.29. The van der Waals surface area contributed by atoms with Crippen LogP contribution in [0.2, 0.25) is 10.0 Å². The Labute approximate surface area is 237 Å². The summed E-state index contributed by atoms with van der Waals surface area (Å²) >= 11 is 12.5. The number of carboxylic acid groups (broad SMARTS) is 1. The third-order valence-corrected chi connectivity index (χ3v) is 9.32. The smallest absolute Gasteiger partial charge is 0.306 e. The highest BCUT2D eigenvalue weighted by atomic mass is 35.5. The molecule has 0 spiro atoms. The van der Waals surface area contributed by atoms with E-state index < -0.39 is 5.97 Å². The Morgan fingerprint density at radius 3 is 2.64 bits per heavy atom. The largest absolute Gasteiger partial charge is 0.481 e. The van der Waals surface area contributed by atoms with Crippen molar-refractivity contribution in [3.05, 3.63) is 57.8 Å². The molecule has 1 aromatic heterocycles. The SMILES string of the molecule is C[C@@H](Nc1nc(N2CC([C@H]3CCCN([C@H]4C[C@@H](C(=O)O)C4)C3)C2)nc2ccc(F)cc12)c1ccc(Cl)cc1Cl. The summed E-state index contributed by atoms with van der Waals surface area (Å²) in [5.74, 6) is 1.18. The zero-order valence-corrected chi connectivity index (χ0v) is 23.3. The second-order valence-electron chi connectivity index (χ2n) is 11.3. The van der Waals surface area contributed by atoms with Crippen molar-refractivity contribution >= 4 is 51.8 Å². The van der Waals surface area contributed by atoms with Crippen molar-refractivity contribution in [2.75, 3.05) is 36.4 Å². The number of carboxylic acids is 1. The highest BCUT2D eigenvalue weighted by Crippen LogP contribution is 2.39. The number of anilines is 2. The van der Waals surface area contributed by atoms with E-state index in [1.807, 2.05) is 13.0 Å². The number of nitrogens with zero attached hydrogens (tertiary/aromatic N) is 4. The van der Waals surface area contributed by atoms with Crippen LogP contribution in [0.15, 0.2) is 36.4 Å². The van der Waals surface area contributed by atoms with Gasteiger partial charge in [0.05, 0.1) is 17.5 Å². The first-order chi connectivity index (χ1) is 18.7. The van der Waals surface area contributed by atoms with Crippen LogP contribution in [0.25, 0.3) is 10.9 Å². The fourth-order valence-corrected chi connectivity index (χ4v) is 6.87. The summed E-state index contributed by atoms with van der Waals surface area (Å²) in [7, 11) is 0. The molecule has 1 aliphatic carbocycles. The number of likely N-dealkylation sites (tertiary alicyclic amines) is 1. The van der Waals surface area contributed by atoms with Crippen molar-refractivity contribution in [3.63, 3.8) is 0 Å². The van der Waals surface area contributed by atoms with Crippen molar-refractivity contribution < 1.29 is 14.3 Å². The van der Waals surface area contributed by atoms with Gasteiger partial charge in [-0.15, -0.1) is 0 Å². The molecule has 0 unspecified atom stereocenters. The Morgan fingerprint density at radius 2 is 1.90 bits per heavy atom. The average molecular weight is 573 g/mol. The molecule has 2 atom stereocenters. The van der Waals surface area contributed by atoms with Crippen LogP contribution >= 0.6 is 23.2 Å². The van der Waals surface area contributed by atoms with Crippen molar-refractivity contribution in [1.29, 1.82) is 0 Å². The number of aromatic nitrogens is 2. The molecule has 3 aliphatic rings. The van der Waals surface area contributed by atoms with Gasteiger partial charge in [-0.05, 0) is 86.9 Å². The number of carbonyl (C=O) groups is 1. The van der Waals surface area contributed by atoms with Gasteiger partial charge in [-0.2, -0.15) is 4.98 Å². The van der Waals surface area contributed by atoms with Gasteiger partial charge in [0.15, 0.2) is 0 Å². The average Bonchev–Trinajstić information content (AvgIpc) is 2.82. The summed E-state index contributed by atoms with van der Waals surface area (Å²) < 4.78 is 14.2. The number of hydrogen-bond acceptors (Lipinski definition) is 6. The molecule has 2 aromatic carbocycles. The first-order valence-electron chi connectivity index (χ1n) is 13.7. The topological polar surface area (TPSA) is 81.6 Å². The lowest BCUT2D eigenvalue weighted by Crippen LogP contribution is -2.56. The minimum atomic E-state index is -0.660. The van der Waals surface area contributed by atoms with Gasteiger partial charge in [-0.3, -0.25) is 4.79 Å². The third-order valence-electron chi connectivity index (χ3n) is 8.76. The molecule has 0 radical (unpaired) electrons. The molecule has 2 saturated heterocycles. The van der Waals surface area contributed by atoms with Gasteiger partial charge < -0.3 is 20.2 Å². The molecule has 3 aromatic rings. The Hall–Kier alpha value is -2.68. The number of rotatable bonds is 7. The van der Waals surface area contributed by atoms with Gasteiger partial charge in [-0.1, -0.05) is 29.3 Å². The molecule has 39 heavy (non-hydrogen) atoms. The minimum absolute atomic E-state index is 0.172. The summed E-state index contributed by atoms with van der Waals surface area (Å²) in [6.07, 6.45) is 3.92. The van der Waals surface area contributed by atoms with Crippen LogP contribution in [0.1, 0.15) is 44.2 Å². The first-order valence-corrected chi connectivity index (χ1v) is 14.4. The zero-order valence-electron chi connectivity index (χ0n) is 21.8. The summed E-state index contributed by atoms with van der Waals surface area (Å²) in [6, 6.07) is 10.2. The van der Waals surface area contributed by atoms with E-state index in [2.05, 4.69) is 15.1 Å². The van der Waals surface area contributed by atoms with E-state index in [4.69, 9.17) is 33.2 Å². The van der Waals surface area contributed by atoms with Gasteiger partial charge >= 0.3 is 5.97 Å². The molecule has 206 valence electrons. The lowest BCUT2D eigenvalue weighted by molar-refractivity contribution is -0.147. The molecule has 10 heteroatoms. The summed E-state index contributed by atoms with van der Waals surface area (Å²) in [4.78, 5) is 25.6. The van der Waals surface area contributed by atoms with Crippen LogP contribution in [0.5, 0.6) is 0 Å². The highest BCUT2D eigenvalue weighted by Gasteiger charge is 2.42. The molecule has 3 heterocycles. The second kappa shape index (κ2) is 10.7. The van der Waals surface area contributed by atoms with Crippen molar-refractivity contribution in [3.8, 4) is 0 Å². The number of piperidine rings is 1. The number of fused-ring (bicyclic) bond motifs is 1. The van der Waals surface area contributed by atoms with Crippen LogP contribution in [0, 0.1) is 23.6 Å². The number of nitrogens with one attached hydrogen (secondary N) is 1. The molecular formula is C29H32Cl2FN5O2. The van der Waals surface area contributed by atoms with Crippen molar-refractivity contribution in [2.45, 2.75) is 44.7 Å². The number of halogens is 3.